The van der Waals surface area contributed by atoms with Crippen molar-refractivity contribution < 1.29 is 4.79 Å². The van der Waals surface area contributed by atoms with Crippen LogP contribution in [-0.2, 0) is 0 Å². The lowest BCUT2D eigenvalue weighted by molar-refractivity contribution is 0.104. The van der Waals surface area contributed by atoms with Crippen molar-refractivity contribution in [1.82, 2.24) is 0 Å². The van der Waals surface area contributed by atoms with E-state index in [9.17, 15) is 4.79 Å². The van der Waals surface area contributed by atoms with Gasteiger partial charge in [-0.2, -0.15) is 0 Å². The van der Waals surface area contributed by atoms with Gasteiger partial charge in [0.1, 0.15) is 0 Å². The van der Waals surface area contributed by atoms with Gasteiger partial charge in [0.05, 0.1) is 0 Å². The molecule has 2 aromatic rings. The van der Waals surface area contributed by atoms with E-state index in [0.29, 0.717) is 11.5 Å². The van der Waals surface area contributed by atoms with Crippen LogP contribution in [0.2, 0.25) is 0 Å². The van der Waals surface area contributed by atoms with E-state index < -0.39 is 0 Å². The molecule has 0 fully saturated rings. The molecule has 1 N–H and O–H groups in total. The Kier molecular flexibility index (Phi) is 4.94. The first kappa shape index (κ1) is 15.0. The second-order valence-electron chi connectivity index (χ2n) is 5.48. The summed E-state index contributed by atoms with van der Waals surface area (Å²) in [4.78, 5) is 12.0. The number of rotatable bonds is 5. The molecule has 2 nitrogen and oxygen atoms in total. The smallest absolute Gasteiger partial charge is 0.187 e. The van der Waals surface area contributed by atoms with Crippen LogP contribution in [0.4, 0.5) is 5.69 Å². The summed E-state index contributed by atoms with van der Waals surface area (Å²) in [6.07, 6.45) is 3.24. The number of carbonyl (C=O) groups excluding carboxylic acids is 1. The number of hydrogen-bond donors (Lipinski definition) is 1. The lowest BCUT2D eigenvalue weighted by Gasteiger charge is -2.06. The monoisotopic (exact) mass is 279 g/mol. The Balaban J connectivity index is 1.95. The molecular formula is C19H21NO. The van der Waals surface area contributed by atoms with Crippen LogP contribution in [0.5, 0.6) is 0 Å². The molecule has 2 rings (SSSR count). The van der Waals surface area contributed by atoms with E-state index in [4.69, 9.17) is 0 Å². The third kappa shape index (κ3) is 4.32. The van der Waals surface area contributed by atoms with E-state index >= 15 is 0 Å². The Bertz CT molecular complexity index is 622. The Morgan fingerprint density at radius 3 is 2.19 bits per heavy atom. The standard InChI is InChI=1S/C19H21NO/c1-14(2)16-8-10-18(11-9-16)20-13-12-19(21)17-6-4-15(3)5-7-17/h4-14,20H,1-3H3/b13-12+. The summed E-state index contributed by atoms with van der Waals surface area (Å²) in [5, 5.41) is 3.12. The average molecular weight is 279 g/mol. The molecule has 0 bridgehead atoms. The summed E-state index contributed by atoms with van der Waals surface area (Å²) in [5.41, 5.74) is 4.14. The highest BCUT2D eigenvalue weighted by Gasteiger charge is 2.00. The molecule has 2 aromatic carbocycles. The average Bonchev–Trinajstić information content (AvgIpc) is 2.48. The number of benzene rings is 2. The van der Waals surface area contributed by atoms with Crippen molar-refractivity contribution in [2.45, 2.75) is 26.7 Å². The molecule has 108 valence electrons. The van der Waals surface area contributed by atoms with Gasteiger partial charge in [-0.05, 0) is 30.5 Å². The molecule has 0 heterocycles. The zero-order valence-corrected chi connectivity index (χ0v) is 12.8. The predicted molar refractivity (Wildman–Crippen MR) is 88.8 cm³/mol. The second-order valence-corrected chi connectivity index (χ2v) is 5.48. The molecule has 0 saturated heterocycles. The zero-order chi connectivity index (χ0) is 15.2. The third-order valence-electron chi connectivity index (χ3n) is 3.40. The van der Waals surface area contributed by atoms with Crippen LogP contribution in [0.3, 0.4) is 0 Å². The molecule has 0 unspecified atom stereocenters. The van der Waals surface area contributed by atoms with Crippen LogP contribution in [-0.4, -0.2) is 5.78 Å². The highest BCUT2D eigenvalue weighted by molar-refractivity contribution is 6.04. The predicted octanol–water partition coefficient (Wildman–Crippen LogP) is 4.93. The van der Waals surface area contributed by atoms with Gasteiger partial charge in [0, 0.05) is 23.5 Å². The van der Waals surface area contributed by atoms with Crippen LogP contribution in [0.25, 0.3) is 0 Å². The lowest BCUT2D eigenvalue weighted by Crippen LogP contribution is -1.96. The van der Waals surface area contributed by atoms with Crippen LogP contribution in [0, 0.1) is 6.92 Å². The van der Waals surface area contributed by atoms with Crippen LogP contribution < -0.4 is 5.32 Å². The van der Waals surface area contributed by atoms with Gasteiger partial charge in [-0.1, -0.05) is 55.8 Å². The zero-order valence-electron chi connectivity index (χ0n) is 12.8. The summed E-state index contributed by atoms with van der Waals surface area (Å²) in [6, 6.07) is 15.8. The first-order chi connectivity index (χ1) is 10.1. The van der Waals surface area contributed by atoms with Crippen LogP contribution in [0.15, 0.2) is 60.8 Å². The molecule has 0 aliphatic rings. The summed E-state index contributed by atoms with van der Waals surface area (Å²) < 4.78 is 0. The van der Waals surface area contributed by atoms with Crippen molar-refractivity contribution in [3.05, 3.63) is 77.5 Å². The molecule has 21 heavy (non-hydrogen) atoms. The fraction of sp³-hybridized carbons (Fsp3) is 0.211. The molecule has 0 aromatic heterocycles. The quantitative estimate of drug-likeness (QED) is 0.621. The largest absolute Gasteiger partial charge is 0.362 e. The molecule has 0 spiro atoms. The lowest BCUT2D eigenvalue weighted by atomic mass is 10.0. The molecular weight excluding hydrogens is 258 g/mol. The van der Waals surface area contributed by atoms with Gasteiger partial charge < -0.3 is 5.32 Å². The van der Waals surface area contributed by atoms with Crippen molar-refractivity contribution >= 4 is 11.5 Å². The number of ketones is 1. The van der Waals surface area contributed by atoms with Gasteiger partial charge in [0.2, 0.25) is 0 Å². The summed E-state index contributed by atoms with van der Waals surface area (Å²) in [5.74, 6) is 0.527. The van der Waals surface area contributed by atoms with Gasteiger partial charge in [-0.15, -0.1) is 0 Å². The van der Waals surface area contributed by atoms with Gasteiger partial charge in [0.25, 0.3) is 0 Å². The van der Waals surface area contributed by atoms with E-state index in [1.165, 1.54) is 5.56 Å². The van der Waals surface area contributed by atoms with Gasteiger partial charge >= 0.3 is 0 Å². The van der Waals surface area contributed by atoms with E-state index in [1.807, 2.05) is 43.3 Å². The molecule has 0 radical (unpaired) electrons. The van der Waals surface area contributed by atoms with Crippen molar-refractivity contribution in [1.29, 1.82) is 0 Å². The van der Waals surface area contributed by atoms with Crippen molar-refractivity contribution in [2.75, 3.05) is 5.32 Å². The van der Waals surface area contributed by atoms with Gasteiger partial charge in [-0.3, -0.25) is 4.79 Å². The Hall–Kier alpha value is -2.35. The van der Waals surface area contributed by atoms with E-state index in [-0.39, 0.29) is 5.78 Å². The minimum Gasteiger partial charge on any atom is -0.362 e. The Morgan fingerprint density at radius 1 is 1.00 bits per heavy atom. The highest BCUT2D eigenvalue weighted by atomic mass is 16.1. The summed E-state index contributed by atoms with van der Waals surface area (Å²) >= 11 is 0. The normalized spacial score (nSPS) is 11.0. The molecule has 0 aliphatic heterocycles. The fourth-order valence-corrected chi connectivity index (χ4v) is 1.99. The molecule has 0 aliphatic carbocycles. The maximum Gasteiger partial charge on any atom is 0.187 e. The van der Waals surface area contributed by atoms with Crippen molar-refractivity contribution in [2.24, 2.45) is 0 Å². The minimum atomic E-state index is 0.00120. The number of anilines is 1. The maximum absolute atomic E-state index is 12.0. The summed E-state index contributed by atoms with van der Waals surface area (Å²) in [6.45, 7) is 6.34. The molecule has 2 heteroatoms. The second kappa shape index (κ2) is 6.89. The minimum absolute atomic E-state index is 0.00120. The van der Waals surface area contributed by atoms with E-state index in [0.717, 1.165) is 11.3 Å². The number of allylic oxidation sites excluding steroid dienone is 1. The maximum atomic E-state index is 12.0. The van der Waals surface area contributed by atoms with Gasteiger partial charge in [-0.25, -0.2) is 0 Å². The topological polar surface area (TPSA) is 29.1 Å². The SMILES string of the molecule is Cc1ccc(C(=O)/C=C/Nc2ccc(C(C)C)cc2)cc1. The highest BCUT2D eigenvalue weighted by Crippen LogP contribution is 2.17. The fourth-order valence-electron chi connectivity index (χ4n) is 1.99. The van der Waals surface area contributed by atoms with Gasteiger partial charge in [0.15, 0.2) is 5.78 Å². The third-order valence-corrected chi connectivity index (χ3v) is 3.40. The molecule has 0 atom stereocenters. The summed E-state index contributed by atoms with van der Waals surface area (Å²) in [7, 11) is 0. The van der Waals surface area contributed by atoms with Crippen LogP contribution >= 0.6 is 0 Å². The first-order valence-electron chi connectivity index (χ1n) is 7.20. The van der Waals surface area contributed by atoms with E-state index in [2.05, 4.69) is 31.3 Å². The number of hydrogen-bond acceptors (Lipinski definition) is 2. The van der Waals surface area contributed by atoms with Crippen molar-refractivity contribution in [3.63, 3.8) is 0 Å². The molecule has 0 amide bonds. The number of carbonyl (C=O) groups is 1. The Labute approximate surface area is 126 Å². The first-order valence-corrected chi connectivity index (χ1v) is 7.20. The van der Waals surface area contributed by atoms with Crippen LogP contribution in [0.1, 0.15) is 41.3 Å². The van der Waals surface area contributed by atoms with Crippen molar-refractivity contribution in [3.8, 4) is 0 Å². The number of nitrogens with one attached hydrogen (secondary N) is 1. The Morgan fingerprint density at radius 2 is 1.62 bits per heavy atom. The molecule has 0 saturated carbocycles. The number of aryl methyl sites for hydroxylation is 1. The van der Waals surface area contributed by atoms with E-state index in [1.54, 1.807) is 12.3 Å².